The maximum absolute atomic E-state index is 12.8. The van der Waals surface area contributed by atoms with E-state index in [9.17, 15) is 9.59 Å². The average molecular weight is 412 g/mol. The third-order valence-electron chi connectivity index (χ3n) is 5.36. The molecule has 3 heterocycles. The molecule has 0 atom stereocenters. The fourth-order valence-corrected chi connectivity index (χ4v) is 4.40. The summed E-state index contributed by atoms with van der Waals surface area (Å²) in [6.45, 7) is 7.71. The second kappa shape index (κ2) is 8.42. The SMILES string of the molecule is CCc1nc(CN2CCN(C(=O)Cn3c(C)nc4ccccc4c3=O)CC2)cs1. The molecule has 0 N–H and O–H groups in total. The summed E-state index contributed by atoms with van der Waals surface area (Å²) < 4.78 is 1.48. The molecule has 7 nitrogen and oxygen atoms in total. The van der Waals surface area contributed by atoms with E-state index in [4.69, 9.17) is 0 Å². The molecule has 0 radical (unpaired) electrons. The van der Waals surface area contributed by atoms with Crippen LogP contribution in [0.25, 0.3) is 10.9 Å². The normalized spacial score (nSPS) is 15.2. The molecule has 0 aliphatic carbocycles. The van der Waals surface area contributed by atoms with Crippen molar-refractivity contribution in [2.75, 3.05) is 26.2 Å². The first-order chi connectivity index (χ1) is 14.0. The lowest BCUT2D eigenvalue weighted by Crippen LogP contribution is -2.49. The number of benzene rings is 1. The smallest absolute Gasteiger partial charge is 0.261 e. The second-order valence-electron chi connectivity index (χ2n) is 7.31. The van der Waals surface area contributed by atoms with Gasteiger partial charge in [0, 0.05) is 38.1 Å². The van der Waals surface area contributed by atoms with Crippen LogP contribution in [0.2, 0.25) is 0 Å². The Bertz CT molecular complexity index is 1080. The number of hydrogen-bond acceptors (Lipinski definition) is 6. The van der Waals surface area contributed by atoms with Gasteiger partial charge in [-0.1, -0.05) is 19.1 Å². The minimum Gasteiger partial charge on any atom is -0.339 e. The van der Waals surface area contributed by atoms with Gasteiger partial charge >= 0.3 is 0 Å². The first-order valence-corrected chi connectivity index (χ1v) is 10.8. The zero-order chi connectivity index (χ0) is 20.4. The van der Waals surface area contributed by atoms with Gasteiger partial charge in [-0.3, -0.25) is 19.1 Å². The van der Waals surface area contributed by atoms with Crippen molar-refractivity contribution in [1.29, 1.82) is 0 Å². The molecule has 0 spiro atoms. The van der Waals surface area contributed by atoms with Crippen LogP contribution in [0.4, 0.5) is 0 Å². The molecular weight excluding hydrogens is 386 g/mol. The lowest BCUT2D eigenvalue weighted by atomic mass is 10.2. The van der Waals surface area contributed by atoms with Crippen LogP contribution in [0.15, 0.2) is 34.4 Å². The van der Waals surface area contributed by atoms with Crippen molar-refractivity contribution in [3.8, 4) is 0 Å². The van der Waals surface area contributed by atoms with Gasteiger partial charge in [-0.25, -0.2) is 9.97 Å². The molecular formula is C21H25N5O2S. The van der Waals surface area contributed by atoms with Crippen LogP contribution in [-0.2, 0) is 24.3 Å². The van der Waals surface area contributed by atoms with Gasteiger partial charge in [0.05, 0.1) is 21.6 Å². The Morgan fingerprint density at radius 2 is 1.90 bits per heavy atom. The van der Waals surface area contributed by atoms with Gasteiger partial charge in [0.15, 0.2) is 0 Å². The van der Waals surface area contributed by atoms with Gasteiger partial charge < -0.3 is 4.90 Å². The molecule has 1 fully saturated rings. The summed E-state index contributed by atoms with van der Waals surface area (Å²) in [5.41, 5.74) is 1.62. The molecule has 4 rings (SSSR count). The van der Waals surface area contributed by atoms with Gasteiger partial charge in [-0.2, -0.15) is 0 Å². The van der Waals surface area contributed by atoms with E-state index < -0.39 is 0 Å². The predicted octanol–water partition coefficient (Wildman–Crippen LogP) is 2.07. The molecule has 0 bridgehead atoms. The highest BCUT2D eigenvalue weighted by Crippen LogP contribution is 2.14. The van der Waals surface area contributed by atoms with Crippen molar-refractivity contribution in [1.82, 2.24) is 24.3 Å². The van der Waals surface area contributed by atoms with Crippen molar-refractivity contribution in [2.24, 2.45) is 0 Å². The van der Waals surface area contributed by atoms with Gasteiger partial charge in [0.25, 0.3) is 5.56 Å². The molecule has 0 saturated carbocycles. The van der Waals surface area contributed by atoms with Crippen molar-refractivity contribution >= 4 is 28.1 Å². The zero-order valence-electron chi connectivity index (χ0n) is 16.8. The summed E-state index contributed by atoms with van der Waals surface area (Å²) >= 11 is 1.71. The van der Waals surface area contributed by atoms with Crippen molar-refractivity contribution < 1.29 is 4.79 Å². The van der Waals surface area contributed by atoms with Crippen LogP contribution in [0.3, 0.4) is 0 Å². The van der Waals surface area contributed by atoms with Crippen LogP contribution in [0, 0.1) is 6.92 Å². The zero-order valence-corrected chi connectivity index (χ0v) is 17.6. The van der Waals surface area contributed by atoms with E-state index >= 15 is 0 Å². The van der Waals surface area contributed by atoms with Crippen LogP contribution in [0.5, 0.6) is 0 Å². The highest BCUT2D eigenvalue weighted by Gasteiger charge is 2.23. The van der Waals surface area contributed by atoms with Gasteiger partial charge in [0.2, 0.25) is 5.91 Å². The van der Waals surface area contributed by atoms with Gasteiger partial charge in [-0.05, 0) is 25.5 Å². The Balaban J connectivity index is 1.39. The third-order valence-corrected chi connectivity index (χ3v) is 6.40. The number of carbonyl (C=O) groups excluding carboxylic acids is 1. The number of rotatable bonds is 5. The summed E-state index contributed by atoms with van der Waals surface area (Å²) in [5.74, 6) is 0.532. The number of aryl methyl sites for hydroxylation is 2. The lowest BCUT2D eigenvalue weighted by Gasteiger charge is -2.34. The lowest BCUT2D eigenvalue weighted by molar-refractivity contribution is -0.133. The summed E-state index contributed by atoms with van der Waals surface area (Å²) in [7, 11) is 0. The van der Waals surface area contributed by atoms with E-state index in [1.54, 1.807) is 24.3 Å². The maximum atomic E-state index is 12.8. The molecule has 29 heavy (non-hydrogen) atoms. The number of carbonyl (C=O) groups is 1. The number of para-hydroxylation sites is 1. The Morgan fingerprint density at radius 1 is 1.14 bits per heavy atom. The summed E-state index contributed by atoms with van der Waals surface area (Å²) in [6, 6.07) is 7.25. The first-order valence-electron chi connectivity index (χ1n) is 9.94. The summed E-state index contributed by atoms with van der Waals surface area (Å²) in [5, 5.41) is 3.84. The Hall–Kier alpha value is -2.58. The number of thiazole rings is 1. The average Bonchev–Trinajstić information content (AvgIpc) is 3.19. The Labute approximate surface area is 173 Å². The predicted molar refractivity (Wildman–Crippen MR) is 114 cm³/mol. The Kier molecular flexibility index (Phi) is 5.73. The largest absolute Gasteiger partial charge is 0.339 e. The fourth-order valence-electron chi connectivity index (χ4n) is 3.67. The van der Waals surface area contributed by atoms with Crippen LogP contribution < -0.4 is 5.56 Å². The van der Waals surface area contributed by atoms with Gasteiger partial charge in [-0.15, -0.1) is 11.3 Å². The summed E-state index contributed by atoms with van der Waals surface area (Å²) in [6.07, 6.45) is 0.968. The second-order valence-corrected chi connectivity index (χ2v) is 8.25. The minimum absolute atomic E-state index is 0.0335. The first kappa shape index (κ1) is 19.7. The van der Waals surface area contributed by atoms with Crippen LogP contribution in [-0.4, -0.2) is 56.4 Å². The fraction of sp³-hybridized carbons (Fsp3) is 0.429. The highest BCUT2D eigenvalue weighted by molar-refractivity contribution is 7.09. The van der Waals surface area contributed by atoms with Gasteiger partial charge in [0.1, 0.15) is 12.4 Å². The van der Waals surface area contributed by atoms with E-state index in [2.05, 4.69) is 27.2 Å². The topological polar surface area (TPSA) is 71.3 Å². The Morgan fingerprint density at radius 3 is 2.62 bits per heavy atom. The van der Waals surface area contributed by atoms with E-state index in [1.165, 1.54) is 9.57 Å². The molecule has 1 aliphatic heterocycles. The van der Waals surface area contributed by atoms with E-state index in [0.29, 0.717) is 29.8 Å². The standard InChI is InChI=1S/C21H25N5O2S/c1-3-19-23-16(14-29-19)12-24-8-10-25(11-9-24)20(27)13-26-15(2)22-18-7-5-4-6-17(18)21(26)28/h4-7,14H,3,8-13H2,1-2H3. The molecule has 1 aromatic carbocycles. The van der Waals surface area contributed by atoms with Crippen molar-refractivity contribution in [3.05, 3.63) is 56.5 Å². The minimum atomic E-state index is -0.157. The number of hydrogen-bond donors (Lipinski definition) is 0. The molecule has 1 aliphatic rings. The molecule has 8 heteroatoms. The van der Waals surface area contributed by atoms with E-state index in [0.717, 1.165) is 31.7 Å². The third kappa shape index (κ3) is 4.23. The molecule has 0 unspecified atom stereocenters. The monoisotopic (exact) mass is 411 g/mol. The van der Waals surface area contributed by atoms with E-state index in [-0.39, 0.29) is 18.0 Å². The maximum Gasteiger partial charge on any atom is 0.261 e. The number of nitrogens with zero attached hydrogens (tertiary/aromatic N) is 5. The molecule has 1 amide bonds. The number of fused-ring (bicyclic) bond motifs is 1. The molecule has 1 saturated heterocycles. The number of piperazine rings is 1. The highest BCUT2D eigenvalue weighted by atomic mass is 32.1. The number of aromatic nitrogens is 3. The quantitative estimate of drug-likeness (QED) is 0.643. The molecule has 2 aromatic heterocycles. The molecule has 152 valence electrons. The summed E-state index contributed by atoms with van der Waals surface area (Å²) in [4.78, 5) is 38.9. The van der Waals surface area contributed by atoms with Crippen LogP contribution >= 0.6 is 11.3 Å². The van der Waals surface area contributed by atoms with E-state index in [1.807, 2.05) is 23.1 Å². The van der Waals surface area contributed by atoms with Crippen LogP contribution in [0.1, 0.15) is 23.4 Å². The van der Waals surface area contributed by atoms with Crippen molar-refractivity contribution in [3.63, 3.8) is 0 Å². The van der Waals surface area contributed by atoms with Crippen molar-refractivity contribution in [2.45, 2.75) is 33.4 Å². The molecule has 3 aromatic rings. The number of amides is 1.